The molecule has 1 heterocycles. The van der Waals surface area contributed by atoms with E-state index in [1.165, 1.54) is 13.2 Å². The largest absolute Gasteiger partial charge is 0.496 e. The van der Waals surface area contributed by atoms with Crippen LogP contribution in [-0.4, -0.2) is 44.5 Å². The van der Waals surface area contributed by atoms with Gasteiger partial charge >= 0.3 is 6.18 Å². The van der Waals surface area contributed by atoms with E-state index in [-0.39, 0.29) is 24.3 Å². The highest BCUT2D eigenvalue weighted by Gasteiger charge is 2.49. The van der Waals surface area contributed by atoms with Crippen molar-refractivity contribution in [1.82, 2.24) is 4.31 Å². The zero-order valence-electron chi connectivity index (χ0n) is 12.8. The first kappa shape index (κ1) is 18.5. The third-order valence-corrected chi connectivity index (χ3v) is 5.78. The van der Waals surface area contributed by atoms with E-state index in [0.717, 1.165) is 12.1 Å². The van der Waals surface area contributed by atoms with Crippen LogP contribution in [0.5, 0.6) is 5.75 Å². The maximum atomic E-state index is 13.2. The number of hydrogen-bond acceptors (Lipinski definition) is 4. The second kappa shape index (κ2) is 6.60. The number of rotatable bonds is 4. The van der Waals surface area contributed by atoms with Crippen LogP contribution in [0.2, 0.25) is 0 Å². The fraction of sp³-hybridized carbons (Fsp3) is 0.500. The minimum Gasteiger partial charge on any atom is -0.496 e. The Hall–Kier alpha value is -1.81. The molecule has 1 fully saturated rings. The number of halogens is 3. The second-order valence-corrected chi connectivity index (χ2v) is 7.29. The van der Waals surface area contributed by atoms with Gasteiger partial charge in [-0.2, -0.15) is 17.5 Å². The van der Waals surface area contributed by atoms with Crippen LogP contribution < -0.4 is 10.5 Å². The molecule has 0 bridgehead atoms. The molecule has 1 amide bonds. The minimum absolute atomic E-state index is 0.0486. The summed E-state index contributed by atoms with van der Waals surface area (Å²) in [5.74, 6) is -0.887. The lowest BCUT2D eigenvalue weighted by molar-refractivity contribution is -0.177. The van der Waals surface area contributed by atoms with Crippen LogP contribution in [0.25, 0.3) is 0 Å². The van der Waals surface area contributed by atoms with Gasteiger partial charge < -0.3 is 10.5 Å². The third-order valence-electron chi connectivity index (χ3n) is 3.87. The van der Waals surface area contributed by atoms with E-state index in [1.807, 2.05) is 0 Å². The van der Waals surface area contributed by atoms with Crippen molar-refractivity contribution in [2.24, 2.45) is 5.73 Å². The van der Waals surface area contributed by atoms with Crippen LogP contribution in [0, 0.1) is 0 Å². The first-order valence-corrected chi connectivity index (χ1v) is 8.59. The van der Waals surface area contributed by atoms with Crippen molar-refractivity contribution in [1.29, 1.82) is 0 Å². The van der Waals surface area contributed by atoms with E-state index in [9.17, 15) is 26.4 Å². The number of carbonyl (C=O) groups excluding carboxylic acids is 1. The molecular formula is C14H17F3N2O4S. The number of nitrogens with two attached hydrogens (primary N) is 1. The molecule has 1 aromatic rings. The summed E-state index contributed by atoms with van der Waals surface area (Å²) in [7, 11) is -3.16. The van der Waals surface area contributed by atoms with E-state index in [2.05, 4.69) is 0 Å². The fourth-order valence-corrected chi connectivity index (χ4v) is 4.40. The molecule has 0 aromatic heterocycles. The van der Waals surface area contributed by atoms with Crippen LogP contribution in [-0.2, 0) is 10.0 Å². The number of sulfonamides is 1. The van der Waals surface area contributed by atoms with Crippen molar-refractivity contribution in [2.75, 3.05) is 13.7 Å². The molecular weight excluding hydrogens is 349 g/mol. The Morgan fingerprint density at radius 1 is 1.33 bits per heavy atom. The molecule has 2 N–H and O–H groups in total. The second-order valence-electron chi connectivity index (χ2n) is 5.40. The minimum atomic E-state index is -4.66. The standard InChI is InChI=1S/C14H17F3N2O4S/c1-23-11-6-5-9(8-10(11)13(18)20)24(21,22)19-7-3-2-4-12(19)14(15,16)17/h5-6,8,12H,2-4,7H2,1H3,(H2,18,20). The summed E-state index contributed by atoms with van der Waals surface area (Å²) in [6.07, 6.45) is -4.32. The van der Waals surface area contributed by atoms with Gasteiger partial charge in [0.2, 0.25) is 10.0 Å². The average molecular weight is 366 g/mol. The predicted octanol–water partition coefficient (Wildman–Crippen LogP) is 1.90. The molecule has 6 nitrogen and oxygen atoms in total. The van der Waals surface area contributed by atoms with Crippen LogP contribution in [0.3, 0.4) is 0 Å². The number of primary amides is 1. The van der Waals surface area contributed by atoms with Gasteiger partial charge in [-0.1, -0.05) is 6.42 Å². The molecule has 1 aliphatic rings. The zero-order chi connectivity index (χ0) is 18.1. The first-order valence-electron chi connectivity index (χ1n) is 7.15. The van der Waals surface area contributed by atoms with Gasteiger partial charge in [0.1, 0.15) is 11.8 Å². The highest BCUT2D eigenvalue weighted by molar-refractivity contribution is 7.89. The number of ether oxygens (including phenoxy) is 1. The summed E-state index contributed by atoms with van der Waals surface area (Å²) in [6, 6.07) is 1.16. The Balaban J connectivity index is 2.49. The molecule has 0 saturated carbocycles. The lowest BCUT2D eigenvalue weighted by atomic mass is 10.0. The van der Waals surface area contributed by atoms with E-state index in [0.29, 0.717) is 17.1 Å². The lowest BCUT2D eigenvalue weighted by Gasteiger charge is -2.35. The molecule has 0 spiro atoms. The summed E-state index contributed by atoms with van der Waals surface area (Å²) in [5, 5.41) is 0. The third kappa shape index (κ3) is 3.48. The summed E-state index contributed by atoms with van der Waals surface area (Å²) in [5.41, 5.74) is 4.96. The van der Waals surface area contributed by atoms with Crippen LogP contribution in [0.4, 0.5) is 13.2 Å². The summed E-state index contributed by atoms with van der Waals surface area (Å²) < 4.78 is 70.1. The smallest absolute Gasteiger partial charge is 0.405 e. The molecule has 0 radical (unpaired) electrons. The Kier molecular flexibility index (Phi) is 5.09. The Morgan fingerprint density at radius 2 is 2.00 bits per heavy atom. The topological polar surface area (TPSA) is 89.7 Å². The fourth-order valence-electron chi connectivity index (χ4n) is 2.70. The summed E-state index contributed by atoms with van der Waals surface area (Å²) in [6.45, 7) is -0.232. The van der Waals surface area contributed by atoms with Crippen molar-refractivity contribution in [3.05, 3.63) is 23.8 Å². The molecule has 24 heavy (non-hydrogen) atoms. The summed E-state index contributed by atoms with van der Waals surface area (Å²) in [4.78, 5) is 11.0. The van der Waals surface area contributed by atoms with Gasteiger partial charge in [0.05, 0.1) is 17.6 Å². The van der Waals surface area contributed by atoms with E-state index < -0.39 is 33.0 Å². The van der Waals surface area contributed by atoms with Gasteiger partial charge in [-0.3, -0.25) is 4.79 Å². The van der Waals surface area contributed by atoms with Gasteiger partial charge in [0, 0.05) is 6.54 Å². The van der Waals surface area contributed by atoms with Crippen LogP contribution in [0.15, 0.2) is 23.1 Å². The lowest BCUT2D eigenvalue weighted by Crippen LogP contribution is -2.51. The van der Waals surface area contributed by atoms with Crippen molar-refractivity contribution in [3.63, 3.8) is 0 Å². The number of amides is 1. The van der Waals surface area contributed by atoms with Gasteiger partial charge in [0.15, 0.2) is 0 Å². The quantitative estimate of drug-likeness (QED) is 0.881. The SMILES string of the molecule is COc1ccc(S(=O)(=O)N2CCCCC2C(F)(F)F)cc1C(N)=O. The number of hydrogen-bond donors (Lipinski definition) is 1. The molecule has 1 unspecified atom stereocenters. The molecule has 1 aliphatic heterocycles. The monoisotopic (exact) mass is 366 g/mol. The molecule has 1 saturated heterocycles. The van der Waals surface area contributed by atoms with Crippen molar-refractivity contribution in [3.8, 4) is 5.75 Å². The number of piperidine rings is 1. The van der Waals surface area contributed by atoms with E-state index in [4.69, 9.17) is 10.5 Å². The highest BCUT2D eigenvalue weighted by Crippen LogP contribution is 2.36. The van der Waals surface area contributed by atoms with Crippen LogP contribution in [0.1, 0.15) is 29.6 Å². The molecule has 0 aliphatic carbocycles. The Labute approximate surface area is 137 Å². The molecule has 1 aromatic carbocycles. The van der Waals surface area contributed by atoms with Gasteiger partial charge in [0.25, 0.3) is 5.91 Å². The van der Waals surface area contributed by atoms with Crippen molar-refractivity contribution < 1.29 is 31.1 Å². The summed E-state index contributed by atoms with van der Waals surface area (Å²) >= 11 is 0. The van der Waals surface area contributed by atoms with E-state index >= 15 is 0 Å². The van der Waals surface area contributed by atoms with Crippen molar-refractivity contribution >= 4 is 15.9 Å². The number of carbonyl (C=O) groups is 1. The molecule has 134 valence electrons. The van der Waals surface area contributed by atoms with Gasteiger partial charge in [-0.15, -0.1) is 0 Å². The van der Waals surface area contributed by atoms with Crippen LogP contribution >= 0.6 is 0 Å². The maximum absolute atomic E-state index is 13.2. The first-order chi connectivity index (χ1) is 11.1. The van der Waals surface area contributed by atoms with Gasteiger partial charge in [-0.25, -0.2) is 8.42 Å². The zero-order valence-corrected chi connectivity index (χ0v) is 13.7. The normalized spacial score (nSPS) is 19.9. The highest BCUT2D eigenvalue weighted by atomic mass is 32.2. The predicted molar refractivity (Wildman–Crippen MR) is 79.1 cm³/mol. The average Bonchev–Trinajstić information content (AvgIpc) is 2.53. The number of benzene rings is 1. The van der Waals surface area contributed by atoms with Gasteiger partial charge in [-0.05, 0) is 31.0 Å². The van der Waals surface area contributed by atoms with E-state index in [1.54, 1.807) is 0 Å². The maximum Gasteiger partial charge on any atom is 0.405 e. The van der Waals surface area contributed by atoms with Crippen molar-refractivity contribution in [2.45, 2.75) is 36.4 Å². The molecule has 1 atom stereocenters. The Bertz CT molecular complexity index is 734. The molecule has 2 rings (SSSR count). The molecule has 10 heteroatoms. The number of nitrogens with zero attached hydrogens (tertiary/aromatic N) is 1. The number of alkyl halides is 3. The number of methoxy groups -OCH3 is 1. The Morgan fingerprint density at radius 3 is 2.54 bits per heavy atom.